The summed E-state index contributed by atoms with van der Waals surface area (Å²) in [6.45, 7) is 0.00456. The number of halogens is 1. The summed E-state index contributed by atoms with van der Waals surface area (Å²) in [4.78, 5) is 5.34. The Morgan fingerprint density at radius 3 is 2.95 bits per heavy atom. The Morgan fingerprint density at radius 2 is 2.21 bits per heavy atom. The highest BCUT2D eigenvalue weighted by Crippen LogP contribution is 2.29. The summed E-state index contributed by atoms with van der Waals surface area (Å²) in [5.41, 5.74) is 5.78. The summed E-state index contributed by atoms with van der Waals surface area (Å²) in [6.07, 6.45) is 0.416. The first-order chi connectivity index (χ1) is 9.20. The zero-order valence-electron chi connectivity index (χ0n) is 10.1. The van der Waals surface area contributed by atoms with Crippen LogP contribution in [-0.2, 0) is 5.75 Å². The molecule has 5 nitrogen and oxygen atoms in total. The highest BCUT2D eigenvalue weighted by Gasteiger charge is 2.14. The van der Waals surface area contributed by atoms with Crippen molar-refractivity contribution in [3.63, 3.8) is 0 Å². The molecule has 0 saturated carbocycles. The molecule has 2 aromatic rings. The molecule has 0 radical (unpaired) electrons. The van der Waals surface area contributed by atoms with E-state index in [1.54, 1.807) is 11.8 Å². The number of thioether (sulfide) groups is 1. The van der Waals surface area contributed by atoms with Gasteiger partial charge in [-0.1, -0.05) is 17.3 Å². The van der Waals surface area contributed by atoms with Crippen molar-refractivity contribution in [3.8, 4) is 0 Å². The van der Waals surface area contributed by atoms with Crippen molar-refractivity contribution in [1.29, 1.82) is 0 Å². The first kappa shape index (κ1) is 14.5. The minimum Gasteiger partial charge on any atom is -0.396 e. The smallest absolute Gasteiger partial charge is 0.243 e. The average Bonchev–Trinajstić information content (AvgIpc) is 2.87. The Hall–Kier alpha value is -0.890. The van der Waals surface area contributed by atoms with Crippen LogP contribution in [0.15, 0.2) is 38.2 Å². The second kappa shape index (κ2) is 7.04. The van der Waals surface area contributed by atoms with Crippen LogP contribution in [0, 0.1) is 0 Å². The number of aromatic nitrogens is 2. The van der Waals surface area contributed by atoms with Crippen LogP contribution < -0.4 is 5.73 Å². The Morgan fingerprint density at radius 1 is 1.42 bits per heavy atom. The third-order valence-corrected chi connectivity index (χ3v) is 4.46. The predicted molar refractivity (Wildman–Crippen MR) is 76.6 cm³/mol. The summed E-state index contributed by atoms with van der Waals surface area (Å²) in [7, 11) is 0. The molecular weight excluding hydrogens is 330 g/mol. The molecule has 0 bridgehead atoms. The van der Waals surface area contributed by atoms with E-state index in [2.05, 4.69) is 26.1 Å². The monoisotopic (exact) mass is 343 g/mol. The molecule has 1 heterocycles. The minimum atomic E-state index is -0.403. The highest BCUT2D eigenvalue weighted by molar-refractivity contribution is 9.10. The van der Waals surface area contributed by atoms with Gasteiger partial charge in [-0.25, -0.2) is 0 Å². The van der Waals surface area contributed by atoms with Gasteiger partial charge in [0.25, 0.3) is 0 Å². The van der Waals surface area contributed by atoms with Crippen LogP contribution in [0.1, 0.15) is 24.2 Å². The molecule has 0 saturated heterocycles. The first-order valence-electron chi connectivity index (χ1n) is 5.77. The lowest BCUT2D eigenvalue weighted by molar-refractivity contribution is 0.259. The summed E-state index contributed by atoms with van der Waals surface area (Å²) >= 11 is 5.10. The molecule has 0 aliphatic rings. The zero-order valence-corrected chi connectivity index (χ0v) is 12.5. The van der Waals surface area contributed by atoms with Gasteiger partial charge in [-0.15, -0.1) is 11.8 Å². The lowest BCUT2D eigenvalue weighted by Crippen LogP contribution is -2.12. The number of hydrogen-bond acceptors (Lipinski definition) is 6. The minimum absolute atomic E-state index is 0.00456. The first-order valence-corrected chi connectivity index (χ1v) is 7.55. The van der Waals surface area contributed by atoms with Crippen LogP contribution in [0.2, 0.25) is 0 Å². The molecule has 0 aliphatic carbocycles. The number of aliphatic hydroxyl groups is 1. The molecule has 1 unspecified atom stereocenters. The SMILES string of the molecule is NC(CCO)c1nc(CSc2ccccc2Br)no1. The lowest BCUT2D eigenvalue weighted by Gasteiger charge is -2.02. The van der Waals surface area contributed by atoms with Crippen molar-refractivity contribution in [3.05, 3.63) is 40.5 Å². The highest BCUT2D eigenvalue weighted by atomic mass is 79.9. The van der Waals surface area contributed by atoms with E-state index in [-0.39, 0.29) is 6.61 Å². The number of rotatable bonds is 6. The summed E-state index contributed by atoms with van der Waals surface area (Å²) < 4.78 is 6.12. The molecule has 0 aliphatic heterocycles. The Labute approximate surface area is 123 Å². The molecule has 102 valence electrons. The topological polar surface area (TPSA) is 85.2 Å². The average molecular weight is 344 g/mol. The van der Waals surface area contributed by atoms with Crippen LogP contribution in [-0.4, -0.2) is 21.9 Å². The van der Waals surface area contributed by atoms with Gasteiger partial charge < -0.3 is 15.4 Å². The lowest BCUT2D eigenvalue weighted by atomic mass is 10.2. The van der Waals surface area contributed by atoms with Gasteiger partial charge in [-0.05, 0) is 34.5 Å². The molecule has 0 amide bonds. The number of benzene rings is 1. The van der Waals surface area contributed by atoms with E-state index >= 15 is 0 Å². The normalized spacial score (nSPS) is 12.6. The van der Waals surface area contributed by atoms with E-state index in [4.69, 9.17) is 15.4 Å². The number of aliphatic hydroxyl groups excluding tert-OH is 1. The van der Waals surface area contributed by atoms with E-state index < -0.39 is 6.04 Å². The fourth-order valence-electron chi connectivity index (χ4n) is 1.44. The van der Waals surface area contributed by atoms with Gasteiger partial charge in [0.2, 0.25) is 5.89 Å². The Bertz CT molecular complexity index is 535. The van der Waals surface area contributed by atoms with E-state index in [0.717, 1.165) is 9.37 Å². The molecule has 1 aromatic carbocycles. The van der Waals surface area contributed by atoms with E-state index in [1.807, 2.05) is 24.3 Å². The fraction of sp³-hybridized carbons (Fsp3) is 0.333. The van der Waals surface area contributed by atoms with Crippen molar-refractivity contribution >= 4 is 27.7 Å². The molecule has 7 heteroatoms. The van der Waals surface area contributed by atoms with Gasteiger partial charge in [0.05, 0.1) is 11.8 Å². The zero-order chi connectivity index (χ0) is 13.7. The molecule has 0 fully saturated rings. The van der Waals surface area contributed by atoms with Crippen LogP contribution in [0.3, 0.4) is 0 Å². The van der Waals surface area contributed by atoms with Gasteiger partial charge in [-0.3, -0.25) is 0 Å². The number of nitrogens with zero attached hydrogens (tertiary/aromatic N) is 2. The van der Waals surface area contributed by atoms with Crippen molar-refractivity contribution in [1.82, 2.24) is 10.1 Å². The summed E-state index contributed by atoms with van der Waals surface area (Å²) in [6, 6.07) is 7.55. The van der Waals surface area contributed by atoms with E-state index in [1.165, 1.54) is 0 Å². The van der Waals surface area contributed by atoms with Gasteiger partial charge in [0, 0.05) is 16.0 Å². The standard InChI is InChI=1S/C12H14BrN3O2S/c13-8-3-1-2-4-10(8)19-7-11-15-12(18-16-11)9(14)5-6-17/h1-4,9,17H,5-7,14H2. The maximum Gasteiger partial charge on any atom is 0.243 e. The van der Waals surface area contributed by atoms with Crippen molar-refractivity contribution in [2.45, 2.75) is 23.1 Å². The molecular formula is C12H14BrN3O2S. The van der Waals surface area contributed by atoms with Crippen molar-refractivity contribution in [2.75, 3.05) is 6.61 Å². The van der Waals surface area contributed by atoms with Crippen LogP contribution in [0.4, 0.5) is 0 Å². The quantitative estimate of drug-likeness (QED) is 0.784. The van der Waals surface area contributed by atoms with Gasteiger partial charge in [0.1, 0.15) is 0 Å². The Kier molecular flexibility index (Phi) is 5.38. The maximum atomic E-state index is 8.81. The molecule has 0 spiro atoms. The molecule has 3 N–H and O–H groups in total. The summed E-state index contributed by atoms with van der Waals surface area (Å²) in [5.74, 6) is 1.58. The van der Waals surface area contributed by atoms with Crippen LogP contribution >= 0.6 is 27.7 Å². The molecule has 19 heavy (non-hydrogen) atoms. The molecule has 2 rings (SSSR count). The third kappa shape index (κ3) is 4.04. The van der Waals surface area contributed by atoms with Gasteiger partial charge >= 0.3 is 0 Å². The molecule has 1 atom stereocenters. The largest absolute Gasteiger partial charge is 0.396 e. The Balaban J connectivity index is 1.95. The predicted octanol–water partition coefficient (Wildman–Crippen LogP) is 2.51. The number of hydrogen-bond donors (Lipinski definition) is 2. The van der Waals surface area contributed by atoms with E-state index in [0.29, 0.717) is 23.9 Å². The maximum absolute atomic E-state index is 8.81. The van der Waals surface area contributed by atoms with Crippen molar-refractivity contribution in [2.24, 2.45) is 5.73 Å². The fourth-order valence-corrected chi connectivity index (χ4v) is 2.85. The summed E-state index contributed by atoms with van der Waals surface area (Å²) in [5, 5.41) is 12.7. The number of nitrogens with two attached hydrogens (primary N) is 1. The second-order valence-corrected chi connectivity index (χ2v) is 5.76. The van der Waals surface area contributed by atoms with E-state index in [9.17, 15) is 0 Å². The molecule has 1 aromatic heterocycles. The van der Waals surface area contributed by atoms with Crippen LogP contribution in [0.25, 0.3) is 0 Å². The van der Waals surface area contributed by atoms with Crippen LogP contribution in [0.5, 0.6) is 0 Å². The van der Waals surface area contributed by atoms with Crippen molar-refractivity contribution < 1.29 is 9.63 Å². The van der Waals surface area contributed by atoms with Gasteiger partial charge in [0.15, 0.2) is 5.82 Å². The van der Waals surface area contributed by atoms with Gasteiger partial charge in [-0.2, -0.15) is 4.98 Å². The third-order valence-electron chi connectivity index (χ3n) is 2.43. The second-order valence-electron chi connectivity index (χ2n) is 3.89.